The quantitative estimate of drug-likeness (QED) is 0.0571. The Hall–Kier alpha value is -2.34. The molecule has 476 valence electrons. The molecule has 0 aromatic rings. The number of rotatable bonds is 19. The highest BCUT2D eigenvalue weighted by atomic mass is 16.8. The molecule has 0 radical (unpaired) electrons. The summed E-state index contributed by atoms with van der Waals surface area (Å²) < 4.78 is 76.8. The third-order valence-electron chi connectivity index (χ3n) is 15.3. The van der Waals surface area contributed by atoms with Gasteiger partial charge < -0.3 is 169 Å². The van der Waals surface area contributed by atoms with Crippen molar-refractivity contribution in [3.8, 4) is 0 Å². The number of nitrogens with one attached hydrogen (secondary N) is 2. The van der Waals surface area contributed by atoms with Crippen molar-refractivity contribution in [1.29, 1.82) is 0 Å². The molecule has 0 spiro atoms. The molecule has 1 unspecified atom stereocenters. The van der Waals surface area contributed by atoms with E-state index in [4.69, 9.17) is 61.6 Å². The molecule has 36 heteroatoms. The zero-order valence-corrected chi connectivity index (χ0v) is 44.4. The largest absolute Gasteiger partial charge is 0.394 e. The first-order valence-corrected chi connectivity index (χ1v) is 26.3. The molecule has 0 saturated carbocycles. The number of carbonyl (C=O) groups excluding carboxylic acids is 2. The van der Waals surface area contributed by atoms with Crippen LogP contribution in [0.5, 0.6) is 0 Å². The lowest BCUT2D eigenvalue weighted by molar-refractivity contribution is -0.401. The molecule has 7 aliphatic heterocycles. The van der Waals surface area contributed by atoms with E-state index in [-0.39, 0.29) is 0 Å². The topological polar surface area (TPSA) is 563 Å². The third kappa shape index (κ3) is 14.3. The van der Waals surface area contributed by atoms with E-state index in [2.05, 4.69) is 10.6 Å². The van der Waals surface area contributed by atoms with Crippen molar-refractivity contribution in [3.05, 3.63) is 0 Å². The Morgan fingerprint density at radius 2 is 0.744 bits per heavy atom. The zero-order chi connectivity index (χ0) is 60.5. The molecule has 0 bridgehead atoms. The van der Waals surface area contributed by atoms with Gasteiger partial charge in [0.2, 0.25) is 11.8 Å². The summed E-state index contributed by atoms with van der Waals surface area (Å²) in [5, 5.41) is 211. The van der Waals surface area contributed by atoms with Gasteiger partial charge in [-0.25, -0.2) is 0 Å². The van der Waals surface area contributed by atoms with E-state index in [1.807, 2.05) is 0 Å². The van der Waals surface area contributed by atoms with E-state index >= 15 is 0 Å². The van der Waals surface area contributed by atoms with Crippen molar-refractivity contribution < 1.29 is 168 Å². The van der Waals surface area contributed by atoms with Gasteiger partial charge in [-0.3, -0.25) is 9.59 Å². The maximum atomic E-state index is 13.4. The molecule has 82 heavy (non-hydrogen) atoms. The van der Waals surface area contributed by atoms with Crippen LogP contribution in [0.3, 0.4) is 0 Å². The molecule has 7 rings (SSSR count). The minimum Gasteiger partial charge on any atom is -0.394 e. The normalized spacial score (nSPS) is 51.3. The van der Waals surface area contributed by atoms with Crippen LogP contribution in [0.25, 0.3) is 0 Å². The second-order valence-electron chi connectivity index (χ2n) is 21.0. The summed E-state index contributed by atoms with van der Waals surface area (Å²) in [4.78, 5) is 25.8. The lowest BCUT2D eigenvalue weighted by Gasteiger charge is -2.52. The van der Waals surface area contributed by atoms with Crippen molar-refractivity contribution in [2.45, 2.75) is 243 Å². The molecule has 7 saturated heterocycles. The summed E-state index contributed by atoms with van der Waals surface area (Å²) in [7, 11) is 0. The van der Waals surface area contributed by atoms with Crippen LogP contribution < -0.4 is 10.6 Å². The summed E-state index contributed by atoms with van der Waals surface area (Å²) >= 11 is 0. The Morgan fingerprint density at radius 1 is 0.341 bits per heavy atom. The fourth-order valence-corrected chi connectivity index (χ4v) is 10.6. The predicted octanol–water partition coefficient (Wildman–Crippen LogP) is -13.9. The van der Waals surface area contributed by atoms with Gasteiger partial charge in [-0.2, -0.15) is 0 Å². The standard InChI is InChI=1S/C46H78N2O34/c1-10-21(55)27(61)31(65)42(71-10)70-9-18-35(26(60)19(40(69)73-18)47-12(3)53)78-41-20(48-13(4)54)37(80-46-39(30(64)22(56)11(2)72-46)82-44-33(67)29(63)24(58)15(6-50)75-44)36(17(8-52)77-41)79-45-34(68)38(25(59)16(7-51)76-45)81-43-32(66)28(62)23(57)14(5-49)74-43/h10-11,14-46,49-52,55-69H,5-9H2,1-4H3,(H,47,53)(H,48,54)/t10-,11-,14+,15+,16+,17+,18+,19+,20+,21+,22+,23+,24-,25+,26+,27+,28-,29-,30+,31-,32-,33+,34-,35+,36+,37+,38-,39-,40+,41-,42+,43+,44?,45-,46-/m0/s1. The van der Waals surface area contributed by atoms with Gasteiger partial charge in [0.05, 0.1) is 45.2 Å². The van der Waals surface area contributed by atoms with E-state index in [1.54, 1.807) is 0 Å². The van der Waals surface area contributed by atoms with Crippen LogP contribution in [-0.2, 0) is 71.2 Å². The first kappa shape index (κ1) is 67.2. The van der Waals surface area contributed by atoms with E-state index in [0.717, 1.165) is 13.8 Å². The van der Waals surface area contributed by atoms with Crippen molar-refractivity contribution >= 4 is 11.8 Å². The van der Waals surface area contributed by atoms with Gasteiger partial charge in [0.25, 0.3) is 0 Å². The summed E-state index contributed by atoms with van der Waals surface area (Å²) in [6, 6.07) is -3.68. The molecule has 36 nitrogen and oxygen atoms in total. The number of aliphatic hydroxyl groups excluding tert-OH is 19. The molecule has 21 N–H and O–H groups in total. The molecule has 2 amide bonds. The number of hydrogen-bond acceptors (Lipinski definition) is 34. The Labute approximate surface area is 465 Å². The Bertz CT molecular complexity index is 2030. The van der Waals surface area contributed by atoms with Gasteiger partial charge in [-0.05, 0) is 13.8 Å². The van der Waals surface area contributed by atoms with Crippen LogP contribution in [0.2, 0.25) is 0 Å². The van der Waals surface area contributed by atoms with Crippen LogP contribution in [0.15, 0.2) is 0 Å². The van der Waals surface area contributed by atoms with Crippen LogP contribution in [-0.4, -0.2) is 357 Å². The zero-order valence-electron chi connectivity index (χ0n) is 44.4. The molecule has 0 aromatic carbocycles. The van der Waals surface area contributed by atoms with E-state index in [9.17, 15) is 107 Å². The maximum absolute atomic E-state index is 13.4. The van der Waals surface area contributed by atoms with Crippen LogP contribution >= 0.6 is 0 Å². The number of amides is 2. The molecule has 0 aliphatic carbocycles. The highest BCUT2D eigenvalue weighted by Crippen LogP contribution is 2.39. The fourth-order valence-electron chi connectivity index (χ4n) is 10.6. The Balaban J connectivity index is 1.29. The third-order valence-corrected chi connectivity index (χ3v) is 15.3. The van der Waals surface area contributed by atoms with Crippen LogP contribution in [0.4, 0.5) is 0 Å². The second kappa shape index (κ2) is 28.7. The van der Waals surface area contributed by atoms with E-state index in [1.165, 1.54) is 13.8 Å². The lowest BCUT2D eigenvalue weighted by atomic mass is 9.93. The molecular formula is C46H78N2O34. The van der Waals surface area contributed by atoms with E-state index < -0.39 is 260 Å². The van der Waals surface area contributed by atoms with Crippen molar-refractivity contribution in [1.82, 2.24) is 10.6 Å². The maximum Gasteiger partial charge on any atom is 0.217 e. The summed E-state index contributed by atoms with van der Waals surface area (Å²) in [5.41, 5.74) is 0. The van der Waals surface area contributed by atoms with Gasteiger partial charge in [-0.15, -0.1) is 0 Å². The average Bonchev–Trinajstić information content (AvgIpc) is 2.59. The molecule has 0 aromatic heterocycles. The summed E-state index contributed by atoms with van der Waals surface area (Å²) in [6.07, 6.45) is -63.4. The van der Waals surface area contributed by atoms with Gasteiger partial charge >= 0.3 is 0 Å². The minimum atomic E-state index is -2.30. The molecule has 35 atom stereocenters. The molecule has 7 aliphatic rings. The SMILES string of the molecule is CC(=O)N[C@@H]1[C@@H](O)[C@H](O[C@@H]2O[C@H](CO)[C@@H](O[C@@H]3O[C@H](CO)[C@@H](O)[C@H](O[C@H]4O[C@H](CO)[C@@H](O)[C@H](O)[C@@H]4O)[C@@H]3O)[C@H](O[C@@H]3O[C@@H](C)[C@@H](O)[C@@H](O)[C@@H]3OC3O[C@H](CO)[C@H](O)[C@H](O)[C@H]3O)[C@H]2NC(C)=O)[C@@H](CO[C@@H]2O[C@@H](C)[C@@H](O)[C@@H](O)[C@@H]2O)O[C@H]1O. The first-order chi connectivity index (χ1) is 38.7. The average molecular weight is 1200 g/mol. The summed E-state index contributed by atoms with van der Waals surface area (Å²) in [6.45, 7) is -0.363. The fraction of sp³-hybridized carbons (Fsp3) is 0.957. The second-order valence-corrected chi connectivity index (χ2v) is 21.0. The number of ether oxygens (including phenoxy) is 13. The Kier molecular flexibility index (Phi) is 23.5. The lowest BCUT2D eigenvalue weighted by Crippen LogP contribution is -2.72. The van der Waals surface area contributed by atoms with Gasteiger partial charge in [0.15, 0.2) is 44.0 Å². The van der Waals surface area contributed by atoms with E-state index in [0.29, 0.717) is 0 Å². The number of aliphatic hydroxyl groups is 19. The highest BCUT2D eigenvalue weighted by Gasteiger charge is 2.59. The van der Waals surface area contributed by atoms with Crippen molar-refractivity contribution in [3.63, 3.8) is 0 Å². The smallest absolute Gasteiger partial charge is 0.217 e. The molecule has 7 fully saturated rings. The van der Waals surface area contributed by atoms with Crippen LogP contribution in [0.1, 0.15) is 27.7 Å². The molecule has 7 heterocycles. The van der Waals surface area contributed by atoms with Crippen LogP contribution in [0, 0.1) is 0 Å². The predicted molar refractivity (Wildman–Crippen MR) is 252 cm³/mol. The first-order valence-electron chi connectivity index (χ1n) is 26.3. The monoisotopic (exact) mass is 1200 g/mol. The minimum absolute atomic E-state index is 0.808. The van der Waals surface area contributed by atoms with Gasteiger partial charge in [0, 0.05) is 13.8 Å². The van der Waals surface area contributed by atoms with Gasteiger partial charge in [-0.1, -0.05) is 0 Å². The molecular weight excluding hydrogens is 1120 g/mol. The van der Waals surface area contributed by atoms with Crippen molar-refractivity contribution in [2.75, 3.05) is 33.0 Å². The Morgan fingerprint density at radius 3 is 1.27 bits per heavy atom. The highest BCUT2D eigenvalue weighted by molar-refractivity contribution is 5.73. The number of carbonyl (C=O) groups is 2. The van der Waals surface area contributed by atoms with Crippen molar-refractivity contribution in [2.24, 2.45) is 0 Å². The summed E-state index contributed by atoms with van der Waals surface area (Å²) in [5.74, 6) is -1.76. The van der Waals surface area contributed by atoms with Gasteiger partial charge in [0.1, 0.15) is 159 Å². The number of hydrogen-bond donors (Lipinski definition) is 21.